The maximum atomic E-state index is 9.02. The van der Waals surface area contributed by atoms with Crippen LogP contribution in [-0.2, 0) is 9.93 Å². The van der Waals surface area contributed by atoms with Gasteiger partial charge in [-0.25, -0.2) is 4.89 Å². The van der Waals surface area contributed by atoms with E-state index in [1.54, 1.807) is 13.8 Å². The van der Waals surface area contributed by atoms with Gasteiger partial charge in [-0.05, 0) is 13.8 Å². The topological polar surface area (TPSA) is 41.5 Å². The van der Waals surface area contributed by atoms with Crippen LogP contribution in [0.25, 0.3) is 0 Å². The van der Waals surface area contributed by atoms with Crippen LogP contribution in [0, 0.1) is 0 Å². The zero-order valence-electron chi connectivity index (χ0n) is 3.80. The maximum absolute atomic E-state index is 9.02. The van der Waals surface area contributed by atoms with Crippen molar-refractivity contribution < 1.29 is 15.2 Å². The third kappa shape index (κ3) is 3.88. The van der Waals surface area contributed by atoms with Crippen molar-refractivity contribution in [3.05, 3.63) is 0 Å². The molecule has 0 aliphatic carbocycles. The Morgan fingerprint density at radius 3 is 2.00 bits per heavy atom. The Bertz CT molecular complexity index is 27.2. The van der Waals surface area contributed by atoms with E-state index >= 15 is 0 Å². The number of rotatable bonds is 2. The minimum absolute atomic E-state index is 0.137. The van der Waals surface area contributed by atoms with Crippen LogP contribution in [0.3, 0.4) is 0 Å². The first kappa shape index (κ1) is 5.88. The van der Waals surface area contributed by atoms with Crippen molar-refractivity contribution in [2.24, 2.45) is 0 Å². The Morgan fingerprint density at radius 1 is 1.50 bits per heavy atom. The highest BCUT2D eigenvalue weighted by atomic mass is 17.5. The van der Waals surface area contributed by atoms with Gasteiger partial charge < -0.3 is 5.26 Å². The summed E-state index contributed by atoms with van der Waals surface area (Å²) in [7, 11) is 0. The Kier molecular flexibility index (Phi) is 3.02. The van der Waals surface area contributed by atoms with Crippen molar-refractivity contribution in [3.8, 4) is 0 Å². The normalized spacial score (nSPS) is 10.0. The van der Waals surface area contributed by atoms with Crippen molar-refractivity contribution in [3.63, 3.8) is 0 Å². The fourth-order valence-corrected chi connectivity index (χ4v) is 0.0786. The second kappa shape index (κ2) is 3.08. The zero-order chi connectivity index (χ0) is 4.99. The van der Waals surface area contributed by atoms with Gasteiger partial charge in [0.15, 0.2) is 0 Å². The summed E-state index contributed by atoms with van der Waals surface area (Å²) in [5, 5.41) is 12.1. The average molecular weight is 91.1 g/mol. The van der Waals surface area contributed by atoms with E-state index in [4.69, 9.17) is 5.26 Å². The van der Waals surface area contributed by atoms with Crippen LogP contribution in [0.15, 0.2) is 0 Å². The lowest BCUT2D eigenvalue weighted by atomic mass is 10.5. The Labute approximate surface area is 36.3 Å². The van der Waals surface area contributed by atoms with Gasteiger partial charge in [-0.15, -0.1) is 0 Å². The molecule has 0 saturated heterocycles. The van der Waals surface area contributed by atoms with Gasteiger partial charge in [0, 0.05) is 0 Å². The molecule has 0 aromatic carbocycles. The molecule has 0 aromatic heterocycles. The monoisotopic (exact) mass is 91.0 g/mol. The molecule has 3 nitrogen and oxygen atoms in total. The van der Waals surface area contributed by atoms with Gasteiger partial charge in [0.1, 0.15) is 0 Å². The van der Waals surface area contributed by atoms with Crippen molar-refractivity contribution in [2.45, 2.75) is 20.0 Å². The van der Waals surface area contributed by atoms with Gasteiger partial charge in [0.2, 0.25) is 0 Å². The molecule has 0 rings (SSSR count). The van der Waals surface area contributed by atoms with Crippen LogP contribution in [0.2, 0.25) is 0 Å². The molecule has 0 amide bonds. The van der Waals surface area contributed by atoms with Crippen LogP contribution in [-0.4, -0.2) is 6.10 Å². The lowest BCUT2D eigenvalue weighted by Crippen LogP contribution is -2.11. The third-order valence-corrected chi connectivity index (χ3v) is 0.232. The molecule has 0 N–H and O–H groups in total. The highest BCUT2D eigenvalue weighted by Crippen LogP contribution is 1.81. The molecule has 0 radical (unpaired) electrons. The molecule has 38 valence electrons. The van der Waals surface area contributed by atoms with Gasteiger partial charge in [0.05, 0.1) is 6.10 Å². The molecule has 0 saturated carbocycles. The van der Waals surface area contributed by atoms with E-state index in [-0.39, 0.29) is 6.10 Å². The average Bonchev–Trinajstić information content (AvgIpc) is 1.35. The third-order valence-electron chi connectivity index (χ3n) is 0.232. The molecule has 0 fully saturated rings. The van der Waals surface area contributed by atoms with Crippen LogP contribution in [0.5, 0.6) is 0 Å². The first-order valence-electron chi connectivity index (χ1n) is 1.72. The van der Waals surface area contributed by atoms with Gasteiger partial charge in [-0.1, -0.05) is 0 Å². The van der Waals surface area contributed by atoms with Crippen LogP contribution in [0.1, 0.15) is 13.8 Å². The summed E-state index contributed by atoms with van der Waals surface area (Å²) < 4.78 is 0. The minimum Gasteiger partial charge on any atom is -0.692 e. The zero-order valence-corrected chi connectivity index (χ0v) is 3.80. The maximum Gasteiger partial charge on any atom is 0.0865 e. The summed E-state index contributed by atoms with van der Waals surface area (Å²) >= 11 is 0. The first-order valence-corrected chi connectivity index (χ1v) is 1.72. The molecular formula is C3H7O3-. The lowest BCUT2D eigenvalue weighted by Gasteiger charge is -2.06. The number of hydrogen-bond acceptors (Lipinski definition) is 3. The highest BCUT2D eigenvalue weighted by molar-refractivity contribution is 4.24. The van der Waals surface area contributed by atoms with E-state index in [0.29, 0.717) is 0 Å². The fourth-order valence-electron chi connectivity index (χ4n) is 0.0786. The van der Waals surface area contributed by atoms with E-state index < -0.39 is 0 Å². The lowest BCUT2D eigenvalue weighted by molar-refractivity contribution is -0.804. The Balaban J connectivity index is 2.63. The van der Waals surface area contributed by atoms with Crippen molar-refractivity contribution in [2.75, 3.05) is 0 Å². The number of hydrogen-bond donors (Lipinski definition) is 0. The van der Waals surface area contributed by atoms with Crippen LogP contribution < -0.4 is 5.26 Å². The summed E-state index contributed by atoms with van der Waals surface area (Å²) in [6, 6.07) is 0. The summed E-state index contributed by atoms with van der Waals surface area (Å²) in [5.41, 5.74) is 0. The molecule has 0 heterocycles. The van der Waals surface area contributed by atoms with Gasteiger partial charge >= 0.3 is 0 Å². The smallest absolute Gasteiger partial charge is 0.0865 e. The molecule has 0 aliphatic rings. The standard InChI is InChI=1S/C3H8O3/c1-3(2)5-6-4/h3-4H,1-2H3/p-1. The Hall–Kier alpha value is -0.120. The molecular weight excluding hydrogens is 84.0 g/mol. The van der Waals surface area contributed by atoms with E-state index in [2.05, 4.69) is 9.93 Å². The molecule has 0 aromatic rings. The second-order valence-electron chi connectivity index (χ2n) is 1.21. The van der Waals surface area contributed by atoms with Gasteiger partial charge in [0.25, 0.3) is 0 Å². The molecule has 0 bridgehead atoms. The van der Waals surface area contributed by atoms with E-state index in [1.807, 2.05) is 0 Å². The Morgan fingerprint density at radius 2 is 2.00 bits per heavy atom. The summed E-state index contributed by atoms with van der Waals surface area (Å²) in [4.78, 5) is 3.99. The van der Waals surface area contributed by atoms with Crippen LogP contribution >= 0.6 is 0 Å². The molecule has 0 unspecified atom stereocenters. The minimum atomic E-state index is -0.137. The fraction of sp³-hybridized carbons (Fsp3) is 1.00. The summed E-state index contributed by atoms with van der Waals surface area (Å²) in [6.45, 7) is 3.41. The summed E-state index contributed by atoms with van der Waals surface area (Å²) in [5.74, 6) is 0. The molecule has 0 aliphatic heterocycles. The molecule has 3 heteroatoms. The van der Waals surface area contributed by atoms with Gasteiger partial charge in [-0.3, -0.25) is 5.04 Å². The predicted octanol–water partition coefficient (Wildman–Crippen LogP) is -0.382. The second-order valence-corrected chi connectivity index (χ2v) is 1.21. The van der Waals surface area contributed by atoms with Crippen molar-refractivity contribution in [1.82, 2.24) is 0 Å². The van der Waals surface area contributed by atoms with E-state index in [0.717, 1.165) is 0 Å². The molecule has 6 heavy (non-hydrogen) atoms. The van der Waals surface area contributed by atoms with Crippen molar-refractivity contribution in [1.29, 1.82) is 0 Å². The quantitative estimate of drug-likeness (QED) is 0.343. The van der Waals surface area contributed by atoms with Gasteiger partial charge in [-0.2, -0.15) is 0 Å². The van der Waals surface area contributed by atoms with E-state index in [9.17, 15) is 0 Å². The molecule has 0 spiro atoms. The largest absolute Gasteiger partial charge is 0.692 e. The van der Waals surface area contributed by atoms with Crippen LogP contribution in [0.4, 0.5) is 0 Å². The SMILES string of the molecule is CC(C)OO[O-]. The van der Waals surface area contributed by atoms with E-state index in [1.165, 1.54) is 0 Å². The van der Waals surface area contributed by atoms with Crippen molar-refractivity contribution >= 4 is 0 Å². The first-order chi connectivity index (χ1) is 2.77. The predicted molar refractivity (Wildman–Crippen MR) is 17.3 cm³/mol. The molecule has 0 atom stereocenters. The summed E-state index contributed by atoms with van der Waals surface area (Å²) in [6.07, 6.45) is -0.137. The highest BCUT2D eigenvalue weighted by Gasteiger charge is 1.83.